The van der Waals surface area contributed by atoms with Crippen molar-refractivity contribution in [1.29, 1.82) is 0 Å². The van der Waals surface area contributed by atoms with E-state index in [1.54, 1.807) is 0 Å². The van der Waals surface area contributed by atoms with Crippen LogP contribution in [0.15, 0.2) is 5.03 Å². The van der Waals surface area contributed by atoms with Gasteiger partial charge in [0.25, 0.3) is 0 Å². The van der Waals surface area contributed by atoms with Gasteiger partial charge in [0.15, 0.2) is 0 Å². The number of hydrogen-bond donors (Lipinski definition) is 3. The molecule has 26 heavy (non-hydrogen) atoms. The molecule has 0 saturated carbocycles. The molecule has 1 aromatic rings. The number of nitrogens with zero attached hydrogens (tertiary/aromatic N) is 2. The number of aromatic nitrogens is 1. The number of carbonyl (C=O) groups excluding carboxylic acids is 1. The molecule has 0 aromatic carbocycles. The predicted molar refractivity (Wildman–Crippen MR) is 107 cm³/mol. The van der Waals surface area contributed by atoms with Crippen LogP contribution in [0.4, 0.5) is 9.80 Å². The SMILES string of the molecule is CCCCCSc1nsc(NC(=O)NCCCN2CCCC2)c1C(=O)O. The zero-order valence-corrected chi connectivity index (χ0v) is 16.9. The summed E-state index contributed by atoms with van der Waals surface area (Å²) in [6.45, 7) is 5.98. The van der Waals surface area contributed by atoms with Crippen molar-refractivity contribution in [2.75, 3.05) is 37.2 Å². The molecule has 0 atom stereocenters. The predicted octanol–water partition coefficient (Wildman–Crippen LogP) is 3.73. The maximum Gasteiger partial charge on any atom is 0.341 e. The average molecular weight is 401 g/mol. The monoisotopic (exact) mass is 400 g/mol. The fraction of sp³-hybridized carbons (Fsp3) is 0.706. The van der Waals surface area contributed by atoms with Crippen LogP contribution >= 0.6 is 23.3 Å². The molecule has 146 valence electrons. The number of amides is 2. The first-order valence-corrected chi connectivity index (χ1v) is 11.0. The fourth-order valence-corrected chi connectivity index (χ4v) is 4.77. The smallest absolute Gasteiger partial charge is 0.341 e. The number of carboxylic acids is 1. The lowest BCUT2D eigenvalue weighted by molar-refractivity contribution is 0.0694. The van der Waals surface area contributed by atoms with Gasteiger partial charge >= 0.3 is 12.0 Å². The van der Waals surface area contributed by atoms with Crippen LogP contribution in [-0.2, 0) is 0 Å². The number of urea groups is 1. The number of unbranched alkanes of at least 4 members (excludes halogenated alkanes) is 2. The van der Waals surface area contributed by atoms with Crippen molar-refractivity contribution in [3.05, 3.63) is 5.56 Å². The molecule has 3 N–H and O–H groups in total. The molecule has 0 radical (unpaired) electrons. The highest BCUT2D eigenvalue weighted by atomic mass is 32.2. The van der Waals surface area contributed by atoms with E-state index in [4.69, 9.17) is 0 Å². The second kappa shape index (κ2) is 11.4. The Labute approximate surface area is 163 Å². The fourth-order valence-electron chi connectivity index (χ4n) is 2.83. The topological polar surface area (TPSA) is 94.6 Å². The molecule has 1 aromatic heterocycles. The van der Waals surface area contributed by atoms with Crippen molar-refractivity contribution in [3.8, 4) is 0 Å². The van der Waals surface area contributed by atoms with Crippen molar-refractivity contribution in [1.82, 2.24) is 14.6 Å². The molecule has 1 fully saturated rings. The highest BCUT2D eigenvalue weighted by Crippen LogP contribution is 2.32. The zero-order chi connectivity index (χ0) is 18.8. The Morgan fingerprint density at radius 1 is 1.27 bits per heavy atom. The number of carboxylic acid groups (broad SMARTS) is 1. The molecule has 1 aliphatic rings. The Hall–Kier alpha value is -1.32. The summed E-state index contributed by atoms with van der Waals surface area (Å²) in [5.74, 6) is -0.221. The number of thioether (sulfide) groups is 1. The number of likely N-dealkylation sites (tertiary alicyclic amines) is 1. The highest BCUT2D eigenvalue weighted by molar-refractivity contribution is 7.99. The minimum atomic E-state index is -1.05. The second-order valence-electron chi connectivity index (χ2n) is 6.34. The third-order valence-corrected chi connectivity index (χ3v) is 6.16. The summed E-state index contributed by atoms with van der Waals surface area (Å²) in [5, 5.41) is 15.7. The van der Waals surface area contributed by atoms with Gasteiger partial charge in [-0.2, -0.15) is 4.37 Å². The van der Waals surface area contributed by atoms with Crippen molar-refractivity contribution in [3.63, 3.8) is 0 Å². The van der Waals surface area contributed by atoms with Gasteiger partial charge in [-0.15, -0.1) is 11.8 Å². The number of hydrogen-bond acceptors (Lipinski definition) is 6. The quantitative estimate of drug-likeness (QED) is 0.387. The number of rotatable bonds is 11. The third-order valence-electron chi connectivity index (χ3n) is 4.22. The number of aromatic carboxylic acids is 1. The zero-order valence-electron chi connectivity index (χ0n) is 15.3. The minimum Gasteiger partial charge on any atom is -0.477 e. The molecule has 0 bridgehead atoms. The van der Waals surface area contributed by atoms with Crippen molar-refractivity contribution >= 4 is 40.3 Å². The van der Waals surface area contributed by atoms with Gasteiger partial charge in [0.05, 0.1) is 0 Å². The van der Waals surface area contributed by atoms with Crippen LogP contribution in [0.25, 0.3) is 0 Å². The summed E-state index contributed by atoms with van der Waals surface area (Å²) in [6, 6.07) is -0.375. The Balaban J connectivity index is 1.78. The van der Waals surface area contributed by atoms with Crippen LogP contribution in [0, 0.1) is 0 Å². The Morgan fingerprint density at radius 2 is 2.04 bits per heavy atom. The standard InChI is InChI=1S/C17H28N4O3S2/c1-2-3-6-12-25-15-13(16(22)23)14(26-20-15)19-17(24)18-8-7-11-21-9-4-5-10-21/h2-12H2,1H3,(H,22,23)(H2,18,19,24). The second-order valence-corrected chi connectivity index (χ2v) is 8.19. The summed E-state index contributed by atoms with van der Waals surface area (Å²) in [4.78, 5) is 26.0. The van der Waals surface area contributed by atoms with E-state index in [9.17, 15) is 14.7 Å². The lowest BCUT2D eigenvalue weighted by atomic mass is 10.3. The minimum absolute atomic E-state index is 0.101. The lowest BCUT2D eigenvalue weighted by Crippen LogP contribution is -2.32. The molecule has 9 heteroatoms. The molecule has 0 aliphatic carbocycles. The van der Waals surface area contributed by atoms with Gasteiger partial charge < -0.3 is 15.3 Å². The van der Waals surface area contributed by atoms with E-state index in [0.717, 1.165) is 62.6 Å². The normalized spacial score (nSPS) is 14.5. The van der Waals surface area contributed by atoms with E-state index in [1.165, 1.54) is 24.6 Å². The van der Waals surface area contributed by atoms with Gasteiger partial charge in [0.2, 0.25) is 0 Å². The van der Waals surface area contributed by atoms with Gasteiger partial charge in [0, 0.05) is 6.54 Å². The molecule has 1 aliphatic heterocycles. The summed E-state index contributed by atoms with van der Waals surface area (Å²) in [7, 11) is 0. The van der Waals surface area contributed by atoms with Crippen molar-refractivity contribution < 1.29 is 14.7 Å². The summed E-state index contributed by atoms with van der Waals surface area (Å²) >= 11 is 2.46. The summed E-state index contributed by atoms with van der Waals surface area (Å²) < 4.78 is 4.21. The van der Waals surface area contributed by atoms with E-state index >= 15 is 0 Å². The molecule has 1 saturated heterocycles. The van der Waals surface area contributed by atoms with E-state index in [0.29, 0.717) is 16.6 Å². The molecular formula is C17H28N4O3S2. The number of carbonyl (C=O) groups is 2. The average Bonchev–Trinajstić information content (AvgIpc) is 3.25. The van der Waals surface area contributed by atoms with Crippen molar-refractivity contribution in [2.45, 2.75) is 50.5 Å². The maximum absolute atomic E-state index is 12.0. The largest absolute Gasteiger partial charge is 0.477 e. The van der Waals surface area contributed by atoms with Gasteiger partial charge in [-0.25, -0.2) is 9.59 Å². The first kappa shape index (κ1) is 21.0. The lowest BCUT2D eigenvalue weighted by Gasteiger charge is -2.14. The van der Waals surface area contributed by atoms with Gasteiger partial charge in [-0.05, 0) is 62.6 Å². The van der Waals surface area contributed by atoms with Crippen LogP contribution in [-0.4, -0.2) is 58.3 Å². The van der Waals surface area contributed by atoms with Crippen LogP contribution in [0.5, 0.6) is 0 Å². The van der Waals surface area contributed by atoms with E-state index in [-0.39, 0.29) is 11.6 Å². The summed E-state index contributed by atoms with van der Waals surface area (Å²) in [5.41, 5.74) is 0.101. The van der Waals surface area contributed by atoms with Crippen LogP contribution < -0.4 is 10.6 Å². The molecule has 2 amide bonds. The maximum atomic E-state index is 12.0. The van der Waals surface area contributed by atoms with E-state index in [1.807, 2.05) is 0 Å². The summed E-state index contributed by atoms with van der Waals surface area (Å²) in [6.07, 6.45) is 6.67. The highest BCUT2D eigenvalue weighted by Gasteiger charge is 2.22. The van der Waals surface area contributed by atoms with Crippen LogP contribution in [0.3, 0.4) is 0 Å². The molecule has 7 nitrogen and oxygen atoms in total. The first-order chi connectivity index (χ1) is 12.6. The molecule has 2 rings (SSSR count). The molecule has 0 unspecified atom stereocenters. The first-order valence-electron chi connectivity index (χ1n) is 9.24. The number of nitrogens with one attached hydrogen (secondary N) is 2. The molecule has 0 spiro atoms. The van der Waals surface area contributed by atoms with E-state index in [2.05, 4.69) is 26.8 Å². The molecular weight excluding hydrogens is 372 g/mol. The van der Waals surface area contributed by atoms with E-state index < -0.39 is 5.97 Å². The van der Waals surface area contributed by atoms with Gasteiger partial charge in [-0.3, -0.25) is 5.32 Å². The van der Waals surface area contributed by atoms with Gasteiger partial charge in [-0.1, -0.05) is 19.8 Å². The van der Waals surface area contributed by atoms with Gasteiger partial charge in [0.1, 0.15) is 15.6 Å². The molecule has 2 heterocycles. The Bertz CT molecular complexity index is 589. The Morgan fingerprint density at radius 3 is 2.73 bits per heavy atom. The van der Waals surface area contributed by atoms with Crippen LogP contribution in [0.1, 0.15) is 55.8 Å². The number of anilines is 1. The Kier molecular flexibility index (Phi) is 9.21. The van der Waals surface area contributed by atoms with Crippen LogP contribution in [0.2, 0.25) is 0 Å². The third kappa shape index (κ3) is 6.77. The van der Waals surface area contributed by atoms with Crippen molar-refractivity contribution in [2.24, 2.45) is 0 Å².